The topological polar surface area (TPSA) is 51.5 Å². The molecule has 0 atom stereocenters. The third kappa shape index (κ3) is 2.65. The Bertz CT molecular complexity index is 383. The van der Waals surface area contributed by atoms with Gasteiger partial charge in [0.05, 0.1) is 10.2 Å². The van der Waals surface area contributed by atoms with Crippen LogP contribution in [0, 0.1) is 5.92 Å². The molecule has 2 heterocycles. The average molecular weight is 288 g/mol. The molecule has 5 heteroatoms. The van der Waals surface area contributed by atoms with Crippen molar-refractivity contribution in [3.8, 4) is 0 Å². The minimum Gasteiger partial charge on any atom is -0.478 e. The van der Waals surface area contributed by atoms with Gasteiger partial charge < -0.3 is 14.4 Å². The highest BCUT2D eigenvalue weighted by Gasteiger charge is 2.16. The van der Waals surface area contributed by atoms with E-state index in [1.807, 2.05) is 4.57 Å². The summed E-state index contributed by atoms with van der Waals surface area (Å²) in [5.41, 5.74) is 0.332. The predicted molar refractivity (Wildman–Crippen MR) is 62.6 cm³/mol. The molecule has 2 rings (SSSR count). The number of aromatic carboxylic acids is 1. The van der Waals surface area contributed by atoms with Gasteiger partial charge in [0.1, 0.15) is 0 Å². The molecule has 1 saturated heterocycles. The summed E-state index contributed by atoms with van der Waals surface area (Å²) in [5, 5.41) is 8.87. The lowest BCUT2D eigenvalue weighted by Crippen LogP contribution is -2.20. The standard InChI is InChI=1S/C11H14BrNO3/c12-10-5-9(11(14)15)7-13(10)6-8-1-3-16-4-2-8/h5,7-8H,1-4,6H2,(H,14,15). The summed E-state index contributed by atoms with van der Waals surface area (Å²) in [6.45, 7) is 2.49. The minimum absolute atomic E-state index is 0.332. The Morgan fingerprint density at radius 1 is 1.56 bits per heavy atom. The summed E-state index contributed by atoms with van der Waals surface area (Å²) in [4.78, 5) is 10.8. The van der Waals surface area contributed by atoms with E-state index in [0.29, 0.717) is 11.5 Å². The predicted octanol–water partition coefficient (Wildman–Crippen LogP) is 2.38. The average Bonchev–Trinajstić information content (AvgIpc) is 2.62. The first-order chi connectivity index (χ1) is 7.66. The van der Waals surface area contributed by atoms with Gasteiger partial charge in [-0.3, -0.25) is 0 Å². The molecule has 0 spiro atoms. The van der Waals surface area contributed by atoms with Crippen LogP contribution in [-0.2, 0) is 11.3 Å². The Labute approximate surface area is 102 Å². The van der Waals surface area contributed by atoms with E-state index in [-0.39, 0.29) is 0 Å². The van der Waals surface area contributed by atoms with Crippen LogP contribution in [-0.4, -0.2) is 28.9 Å². The minimum atomic E-state index is -0.883. The molecular weight excluding hydrogens is 274 g/mol. The van der Waals surface area contributed by atoms with Crippen LogP contribution in [0.1, 0.15) is 23.2 Å². The van der Waals surface area contributed by atoms with Crippen molar-refractivity contribution in [1.29, 1.82) is 0 Å². The highest BCUT2D eigenvalue weighted by atomic mass is 79.9. The monoisotopic (exact) mass is 287 g/mol. The highest BCUT2D eigenvalue weighted by Crippen LogP contribution is 2.22. The molecule has 0 saturated carbocycles. The molecule has 0 unspecified atom stereocenters. The summed E-state index contributed by atoms with van der Waals surface area (Å²) >= 11 is 3.38. The molecule has 88 valence electrons. The van der Waals surface area contributed by atoms with Crippen molar-refractivity contribution in [2.24, 2.45) is 5.92 Å². The van der Waals surface area contributed by atoms with Crippen molar-refractivity contribution in [2.45, 2.75) is 19.4 Å². The number of rotatable bonds is 3. The van der Waals surface area contributed by atoms with Crippen LogP contribution >= 0.6 is 15.9 Å². The molecule has 0 amide bonds. The molecule has 0 aliphatic carbocycles. The number of ether oxygens (including phenoxy) is 1. The van der Waals surface area contributed by atoms with Gasteiger partial charge in [0.15, 0.2) is 0 Å². The van der Waals surface area contributed by atoms with Crippen LogP contribution in [0.3, 0.4) is 0 Å². The van der Waals surface area contributed by atoms with Crippen molar-refractivity contribution in [2.75, 3.05) is 13.2 Å². The van der Waals surface area contributed by atoms with Gasteiger partial charge in [-0.25, -0.2) is 4.79 Å². The van der Waals surface area contributed by atoms with Crippen LogP contribution in [0.2, 0.25) is 0 Å². The van der Waals surface area contributed by atoms with Crippen molar-refractivity contribution in [3.63, 3.8) is 0 Å². The largest absolute Gasteiger partial charge is 0.478 e. The normalized spacial score (nSPS) is 17.6. The highest BCUT2D eigenvalue weighted by molar-refractivity contribution is 9.10. The maximum atomic E-state index is 10.8. The van der Waals surface area contributed by atoms with Crippen molar-refractivity contribution in [3.05, 3.63) is 22.4 Å². The second-order valence-corrected chi connectivity index (χ2v) is 4.88. The third-order valence-corrected chi connectivity index (χ3v) is 3.57. The summed E-state index contributed by atoms with van der Waals surface area (Å²) in [5.74, 6) is -0.300. The summed E-state index contributed by atoms with van der Waals surface area (Å²) < 4.78 is 8.08. The maximum absolute atomic E-state index is 10.8. The molecular formula is C11H14BrNO3. The van der Waals surface area contributed by atoms with Gasteiger partial charge >= 0.3 is 5.97 Å². The first-order valence-electron chi connectivity index (χ1n) is 5.33. The molecule has 1 aromatic heterocycles. The lowest BCUT2D eigenvalue weighted by atomic mass is 10.0. The number of halogens is 1. The number of hydrogen-bond acceptors (Lipinski definition) is 2. The number of nitrogens with zero attached hydrogens (tertiary/aromatic N) is 1. The van der Waals surface area contributed by atoms with Crippen LogP contribution in [0.25, 0.3) is 0 Å². The van der Waals surface area contributed by atoms with E-state index in [1.165, 1.54) is 0 Å². The molecule has 1 N–H and O–H groups in total. The molecule has 4 nitrogen and oxygen atoms in total. The van der Waals surface area contributed by atoms with E-state index in [4.69, 9.17) is 9.84 Å². The van der Waals surface area contributed by atoms with Crippen LogP contribution in [0.4, 0.5) is 0 Å². The molecule has 1 aliphatic rings. The van der Waals surface area contributed by atoms with Gasteiger partial charge in [0, 0.05) is 26.0 Å². The summed E-state index contributed by atoms with van der Waals surface area (Å²) in [6, 6.07) is 1.64. The van der Waals surface area contributed by atoms with Gasteiger partial charge in [0.2, 0.25) is 0 Å². The van der Waals surface area contributed by atoms with Crippen LogP contribution in [0.5, 0.6) is 0 Å². The van der Waals surface area contributed by atoms with E-state index >= 15 is 0 Å². The Balaban J connectivity index is 2.05. The van der Waals surface area contributed by atoms with E-state index in [2.05, 4.69) is 15.9 Å². The zero-order chi connectivity index (χ0) is 11.5. The molecule has 1 aliphatic heterocycles. The van der Waals surface area contributed by atoms with E-state index in [9.17, 15) is 4.79 Å². The second-order valence-electron chi connectivity index (χ2n) is 4.06. The molecule has 0 aromatic carbocycles. The lowest BCUT2D eigenvalue weighted by Gasteiger charge is -2.22. The first kappa shape index (κ1) is 11.7. The third-order valence-electron chi connectivity index (χ3n) is 2.89. The zero-order valence-electron chi connectivity index (χ0n) is 8.86. The fourth-order valence-corrected chi connectivity index (χ4v) is 2.44. The van der Waals surface area contributed by atoms with Gasteiger partial charge in [-0.05, 0) is 40.8 Å². The Hall–Kier alpha value is -0.810. The molecule has 0 bridgehead atoms. The molecule has 16 heavy (non-hydrogen) atoms. The smallest absolute Gasteiger partial charge is 0.337 e. The Morgan fingerprint density at radius 3 is 2.81 bits per heavy atom. The quantitative estimate of drug-likeness (QED) is 0.929. The van der Waals surface area contributed by atoms with Gasteiger partial charge in [0.25, 0.3) is 0 Å². The fraction of sp³-hybridized carbons (Fsp3) is 0.545. The Kier molecular flexibility index (Phi) is 3.66. The maximum Gasteiger partial charge on any atom is 0.337 e. The SMILES string of the molecule is O=C(O)c1cc(Br)n(CC2CCOCC2)c1. The van der Waals surface area contributed by atoms with E-state index < -0.39 is 5.97 Å². The van der Waals surface area contributed by atoms with Crippen LogP contribution < -0.4 is 0 Å². The van der Waals surface area contributed by atoms with Crippen LogP contribution in [0.15, 0.2) is 16.9 Å². The van der Waals surface area contributed by atoms with Gasteiger partial charge in [-0.15, -0.1) is 0 Å². The first-order valence-corrected chi connectivity index (χ1v) is 6.13. The van der Waals surface area contributed by atoms with E-state index in [1.54, 1.807) is 12.3 Å². The van der Waals surface area contributed by atoms with E-state index in [0.717, 1.165) is 37.2 Å². The van der Waals surface area contributed by atoms with Crippen molar-refractivity contribution < 1.29 is 14.6 Å². The number of hydrogen-bond donors (Lipinski definition) is 1. The molecule has 1 fully saturated rings. The van der Waals surface area contributed by atoms with Crippen molar-refractivity contribution >= 4 is 21.9 Å². The number of carboxylic acids is 1. The fourth-order valence-electron chi connectivity index (χ4n) is 1.94. The number of carbonyl (C=O) groups is 1. The van der Waals surface area contributed by atoms with Gasteiger partial charge in [-0.2, -0.15) is 0 Å². The van der Waals surface area contributed by atoms with Crippen molar-refractivity contribution in [1.82, 2.24) is 4.57 Å². The second kappa shape index (κ2) is 5.01. The number of carboxylic acid groups (broad SMARTS) is 1. The summed E-state index contributed by atoms with van der Waals surface area (Å²) in [7, 11) is 0. The molecule has 1 aromatic rings. The zero-order valence-corrected chi connectivity index (χ0v) is 10.4. The Morgan fingerprint density at radius 2 is 2.25 bits per heavy atom. The molecule has 0 radical (unpaired) electrons. The summed E-state index contributed by atoms with van der Waals surface area (Å²) in [6.07, 6.45) is 3.78. The van der Waals surface area contributed by atoms with Gasteiger partial charge in [-0.1, -0.05) is 0 Å². The number of aromatic nitrogens is 1. The lowest BCUT2D eigenvalue weighted by molar-refractivity contribution is 0.0609.